The molecule has 1 aromatic rings. The summed E-state index contributed by atoms with van der Waals surface area (Å²) in [7, 11) is 0. The van der Waals surface area contributed by atoms with Crippen LogP contribution in [0.2, 0.25) is 0 Å². The molecular formula is C13H23N3OS. The fraction of sp³-hybridized carbons (Fsp3) is 0.692. The molecule has 102 valence electrons. The Morgan fingerprint density at radius 3 is 2.83 bits per heavy atom. The minimum Gasteiger partial charge on any atom is -0.330 e. The summed E-state index contributed by atoms with van der Waals surface area (Å²) in [6, 6.07) is 0. The Balaban J connectivity index is 2.30. The second-order valence-electron chi connectivity index (χ2n) is 4.61. The normalized spacial score (nSPS) is 12.4. The molecule has 1 amide bonds. The van der Waals surface area contributed by atoms with E-state index in [1.807, 2.05) is 12.3 Å². The number of aryl methyl sites for hydroxylation is 1. The van der Waals surface area contributed by atoms with Crippen LogP contribution in [0.15, 0.2) is 5.38 Å². The highest BCUT2D eigenvalue weighted by Crippen LogP contribution is 2.19. The van der Waals surface area contributed by atoms with E-state index in [0.717, 1.165) is 31.4 Å². The van der Waals surface area contributed by atoms with Gasteiger partial charge in [0, 0.05) is 11.8 Å². The average molecular weight is 269 g/mol. The largest absolute Gasteiger partial charge is 0.330 e. The zero-order valence-corrected chi connectivity index (χ0v) is 12.1. The average Bonchev–Trinajstić information content (AvgIpc) is 2.72. The van der Waals surface area contributed by atoms with Crippen LogP contribution in [0.1, 0.15) is 44.7 Å². The van der Waals surface area contributed by atoms with Crippen molar-refractivity contribution < 1.29 is 4.79 Å². The maximum atomic E-state index is 11.8. The first-order valence-corrected chi connectivity index (χ1v) is 7.45. The Morgan fingerprint density at radius 1 is 1.50 bits per heavy atom. The number of anilines is 1. The highest BCUT2D eigenvalue weighted by Gasteiger charge is 2.11. The molecule has 0 spiro atoms. The molecule has 3 N–H and O–H groups in total. The van der Waals surface area contributed by atoms with E-state index in [4.69, 9.17) is 5.73 Å². The number of aromatic nitrogens is 1. The SMILES string of the molecule is CCCC(CCN)CCC(=O)Nc1nc(C)cs1. The molecule has 1 unspecified atom stereocenters. The van der Waals surface area contributed by atoms with Crippen molar-refractivity contribution in [2.75, 3.05) is 11.9 Å². The van der Waals surface area contributed by atoms with Crippen molar-refractivity contribution in [1.82, 2.24) is 4.98 Å². The first kappa shape index (κ1) is 15.1. The van der Waals surface area contributed by atoms with Crippen molar-refractivity contribution >= 4 is 22.4 Å². The zero-order valence-electron chi connectivity index (χ0n) is 11.2. The van der Waals surface area contributed by atoms with Crippen LogP contribution in [0.4, 0.5) is 5.13 Å². The molecule has 0 saturated heterocycles. The zero-order chi connectivity index (χ0) is 13.4. The highest BCUT2D eigenvalue weighted by atomic mass is 32.1. The molecule has 1 atom stereocenters. The lowest BCUT2D eigenvalue weighted by atomic mass is 9.94. The number of carbonyl (C=O) groups excluding carboxylic acids is 1. The predicted molar refractivity (Wildman–Crippen MR) is 76.8 cm³/mol. The number of thiazole rings is 1. The topological polar surface area (TPSA) is 68.0 Å². The molecule has 0 radical (unpaired) electrons. The molecule has 0 saturated carbocycles. The van der Waals surface area contributed by atoms with Crippen LogP contribution >= 0.6 is 11.3 Å². The van der Waals surface area contributed by atoms with E-state index in [1.54, 1.807) is 0 Å². The first-order valence-electron chi connectivity index (χ1n) is 6.57. The third kappa shape index (κ3) is 5.60. The Bertz CT molecular complexity index is 359. The van der Waals surface area contributed by atoms with Gasteiger partial charge in [-0.05, 0) is 32.2 Å². The van der Waals surface area contributed by atoms with Crippen LogP contribution in [0, 0.1) is 12.8 Å². The van der Waals surface area contributed by atoms with E-state index in [0.29, 0.717) is 24.0 Å². The Labute approximate surface area is 113 Å². The van der Waals surface area contributed by atoms with Gasteiger partial charge < -0.3 is 11.1 Å². The summed E-state index contributed by atoms with van der Waals surface area (Å²) < 4.78 is 0. The maximum absolute atomic E-state index is 11.8. The fourth-order valence-electron chi connectivity index (χ4n) is 2.01. The number of carbonyl (C=O) groups is 1. The number of hydrogen-bond donors (Lipinski definition) is 2. The van der Waals surface area contributed by atoms with Gasteiger partial charge in [0.2, 0.25) is 5.91 Å². The highest BCUT2D eigenvalue weighted by molar-refractivity contribution is 7.13. The summed E-state index contributed by atoms with van der Waals surface area (Å²) in [5.41, 5.74) is 6.53. The number of nitrogens with two attached hydrogens (primary N) is 1. The lowest BCUT2D eigenvalue weighted by molar-refractivity contribution is -0.116. The third-order valence-corrected chi connectivity index (χ3v) is 3.79. The van der Waals surface area contributed by atoms with Gasteiger partial charge in [-0.15, -0.1) is 11.3 Å². The van der Waals surface area contributed by atoms with Gasteiger partial charge in [0.25, 0.3) is 0 Å². The van der Waals surface area contributed by atoms with Crippen LogP contribution in [0.5, 0.6) is 0 Å². The minimum absolute atomic E-state index is 0.0578. The summed E-state index contributed by atoms with van der Waals surface area (Å²) in [6.45, 7) is 4.80. The Hall–Kier alpha value is -0.940. The molecule has 1 heterocycles. The van der Waals surface area contributed by atoms with Gasteiger partial charge in [0.1, 0.15) is 0 Å². The van der Waals surface area contributed by atoms with Gasteiger partial charge >= 0.3 is 0 Å². The van der Waals surface area contributed by atoms with Gasteiger partial charge in [0.05, 0.1) is 5.69 Å². The maximum Gasteiger partial charge on any atom is 0.226 e. The quantitative estimate of drug-likeness (QED) is 0.762. The van der Waals surface area contributed by atoms with Crippen molar-refractivity contribution in [1.29, 1.82) is 0 Å². The van der Waals surface area contributed by atoms with Crippen molar-refractivity contribution in [2.24, 2.45) is 11.7 Å². The van der Waals surface area contributed by atoms with Gasteiger partial charge in [-0.1, -0.05) is 19.8 Å². The van der Waals surface area contributed by atoms with Crippen LogP contribution < -0.4 is 11.1 Å². The minimum atomic E-state index is 0.0578. The molecule has 0 aliphatic rings. The molecule has 0 aliphatic heterocycles. The van der Waals surface area contributed by atoms with E-state index >= 15 is 0 Å². The van der Waals surface area contributed by atoms with Gasteiger partial charge in [0.15, 0.2) is 5.13 Å². The number of nitrogens with one attached hydrogen (secondary N) is 1. The van der Waals surface area contributed by atoms with Crippen molar-refractivity contribution in [3.63, 3.8) is 0 Å². The molecule has 1 aromatic heterocycles. The van der Waals surface area contributed by atoms with Crippen LogP contribution in [0.3, 0.4) is 0 Å². The summed E-state index contributed by atoms with van der Waals surface area (Å²) in [4.78, 5) is 16.0. The number of amides is 1. The standard InChI is InChI=1S/C13H23N3OS/c1-3-4-11(7-8-14)5-6-12(17)16-13-15-10(2)9-18-13/h9,11H,3-8,14H2,1-2H3,(H,15,16,17). The van der Waals surface area contributed by atoms with Gasteiger partial charge in [-0.25, -0.2) is 4.98 Å². The number of hydrogen-bond acceptors (Lipinski definition) is 4. The molecule has 0 fully saturated rings. The van der Waals surface area contributed by atoms with E-state index in [9.17, 15) is 4.79 Å². The molecule has 0 bridgehead atoms. The molecular weight excluding hydrogens is 246 g/mol. The lowest BCUT2D eigenvalue weighted by Gasteiger charge is -2.14. The number of rotatable bonds is 8. The smallest absolute Gasteiger partial charge is 0.226 e. The van der Waals surface area contributed by atoms with Crippen molar-refractivity contribution in [3.05, 3.63) is 11.1 Å². The van der Waals surface area contributed by atoms with Crippen LogP contribution in [0.25, 0.3) is 0 Å². The second kappa shape index (κ2) is 8.21. The van der Waals surface area contributed by atoms with Gasteiger partial charge in [-0.3, -0.25) is 4.79 Å². The first-order chi connectivity index (χ1) is 8.65. The molecule has 5 heteroatoms. The summed E-state index contributed by atoms with van der Waals surface area (Å²) in [5.74, 6) is 0.631. The molecule has 1 rings (SSSR count). The van der Waals surface area contributed by atoms with Crippen molar-refractivity contribution in [3.8, 4) is 0 Å². The van der Waals surface area contributed by atoms with E-state index in [1.165, 1.54) is 11.3 Å². The Morgan fingerprint density at radius 2 is 2.28 bits per heavy atom. The lowest BCUT2D eigenvalue weighted by Crippen LogP contribution is -2.15. The summed E-state index contributed by atoms with van der Waals surface area (Å²) >= 11 is 1.47. The third-order valence-electron chi connectivity index (χ3n) is 2.92. The molecule has 4 nitrogen and oxygen atoms in total. The van der Waals surface area contributed by atoms with Crippen LogP contribution in [-0.2, 0) is 4.79 Å². The van der Waals surface area contributed by atoms with Crippen LogP contribution in [-0.4, -0.2) is 17.4 Å². The molecule has 0 aliphatic carbocycles. The molecule has 18 heavy (non-hydrogen) atoms. The van der Waals surface area contributed by atoms with Crippen molar-refractivity contribution in [2.45, 2.75) is 46.0 Å². The van der Waals surface area contributed by atoms with E-state index < -0.39 is 0 Å². The summed E-state index contributed by atoms with van der Waals surface area (Å²) in [5, 5.41) is 5.47. The van der Waals surface area contributed by atoms with E-state index in [-0.39, 0.29) is 5.91 Å². The molecule has 0 aromatic carbocycles. The second-order valence-corrected chi connectivity index (χ2v) is 5.47. The summed E-state index contributed by atoms with van der Waals surface area (Å²) in [6.07, 6.45) is 4.79. The number of nitrogens with zero attached hydrogens (tertiary/aromatic N) is 1. The predicted octanol–water partition coefficient (Wildman–Crippen LogP) is 2.94. The van der Waals surface area contributed by atoms with Gasteiger partial charge in [-0.2, -0.15) is 0 Å². The fourth-order valence-corrected chi connectivity index (χ4v) is 2.71. The van der Waals surface area contributed by atoms with E-state index in [2.05, 4.69) is 17.2 Å². The monoisotopic (exact) mass is 269 g/mol. The Kier molecular flexibility index (Phi) is 6.90.